The summed E-state index contributed by atoms with van der Waals surface area (Å²) >= 11 is 2.40. The Morgan fingerprint density at radius 3 is 2.71 bits per heavy atom. The van der Waals surface area contributed by atoms with Crippen molar-refractivity contribution in [2.45, 2.75) is 9.24 Å². The number of benzene rings is 1. The summed E-state index contributed by atoms with van der Waals surface area (Å²) in [6.45, 7) is 0. The van der Waals surface area contributed by atoms with E-state index < -0.39 is 11.8 Å². The normalized spacial score (nSPS) is 10.5. The minimum Gasteiger partial charge on any atom is -0.465 e. The zero-order valence-corrected chi connectivity index (χ0v) is 13.2. The predicted octanol–water partition coefficient (Wildman–Crippen LogP) is 2.26. The number of anilines is 2. The first-order valence-corrected chi connectivity index (χ1v) is 7.41. The number of nitrogens with two attached hydrogens (primary N) is 1. The number of hydrogen-bond donors (Lipinski definition) is 1. The van der Waals surface area contributed by atoms with E-state index in [0.717, 1.165) is 17.8 Å². The van der Waals surface area contributed by atoms with Gasteiger partial charge in [-0.25, -0.2) is 9.18 Å². The first-order chi connectivity index (χ1) is 9.92. The van der Waals surface area contributed by atoms with Crippen LogP contribution in [-0.2, 0) is 4.74 Å². The van der Waals surface area contributed by atoms with E-state index >= 15 is 0 Å². The van der Waals surface area contributed by atoms with Crippen LogP contribution in [0.15, 0.2) is 21.4 Å². The standard InChI is InChI=1S/C12H13FN4O2S2/c1-17(2)11-15-16-12(21-11)20-9-4-6(10(18)19-3)8(14)5-7(9)13/h4-5H,14H2,1-3H3. The number of esters is 1. The highest BCUT2D eigenvalue weighted by atomic mass is 32.2. The maximum absolute atomic E-state index is 13.9. The van der Waals surface area contributed by atoms with Crippen molar-refractivity contribution >= 4 is 39.9 Å². The minimum absolute atomic E-state index is 0.0370. The molecule has 2 N–H and O–H groups in total. The number of rotatable bonds is 4. The summed E-state index contributed by atoms with van der Waals surface area (Å²) in [7, 11) is 4.92. The number of hydrogen-bond acceptors (Lipinski definition) is 8. The molecule has 0 unspecified atom stereocenters. The average molecular weight is 328 g/mol. The molecule has 0 spiro atoms. The van der Waals surface area contributed by atoms with E-state index in [0.29, 0.717) is 9.47 Å². The summed E-state index contributed by atoms with van der Waals surface area (Å²) in [6.07, 6.45) is 0. The van der Waals surface area contributed by atoms with Crippen LogP contribution in [0, 0.1) is 5.82 Å². The van der Waals surface area contributed by atoms with Gasteiger partial charge in [-0.15, -0.1) is 10.2 Å². The fourth-order valence-electron chi connectivity index (χ4n) is 1.45. The lowest BCUT2D eigenvalue weighted by Crippen LogP contribution is -2.07. The van der Waals surface area contributed by atoms with Crippen LogP contribution in [0.2, 0.25) is 0 Å². The Morgan fingerprint density at radius 1 is 1.43 bits per heavy atom. The van der Waals surface area contributed by atoms with Gasteiger partial charge in [0.1, 0.15) is 5.82 Å². The summed E-state index contributed by atoms with van der Waals surface area (Å²) in [5, 5.41) is 8.64. The smallest absolute Gasteiger partial charge is 0.339 e. The molecule has 112 valence electrons. The maximum atomic E-state index is 13.9. The van der Waals surface area contributed by atoms with Gasteiger partial charge in [0.05, 0.1) is 17.6 Å². The number of nitrogens with zero attached hydrogens (tertiary/aromatic N) is 3. The molecule has 0 saturated heterocycles. The lowest BCUT2D eigenvalue weighted by Gasteiger charge is -2.07. The molecule has 0 aliphatic rings. The maximum Gasteiger partial charge on any atom is 0.339 e. The second-order valence-corrected chi connectivity index (χ2v) is 6.45. The number of carbonyl (C=O) groups is 1. The van der Waals surface area contributed by atoms with Crippen molar-refractivity contribution in [3.05, 3.63) is 23.5 Å². The third-order valence-corrected chi connectivity index (χ3v) is 4.66. The van der Waals surface area contributed by atoms with E-state index in [9.17, 15) is 9.18 Å². The highest BCUT2D eigenvalue weighted by molar-refractivity contribution is 8.01. The third-order valence-electron chi connectivity index (χ3n) is 2.48. The molecule has 0 bridgehead atoms. The Hall–Kier alpha value is -1.87. The molecule has 0 radical (unpaired) electrons. The van der Waals surface area contributed by atoms with E-state index in [4.69, 9.17) is 5.73 Å². The van der Waals surface area contributed by atoms with Crippen LogP contribution < -0.4 is 10.6 Å². The second kappa shape index (κ2) is 6.27. The van der Waals surface area contributed by atoms with Crippen molar-refractivity contribution in [3.8, 4) is 0 Å². The quantitative estimate of drug-likeness (QED) is 0.681. The van der Waals surface area contributed by atoms with Crippen LogP contribution in [0.3, 0.4) is 0 Å². The number of ether oxygens (including phenoxy) is 1. The molecular formula is C12H13FN4O2S2. The Labute approximate surface area is 129 Å². The van der Waals surface area contributed by atoms with Crippen molar-refractivity contribution < 1.29 is 13.9 Å². The van der Waals surface area contributed by atoms with Gasteiger partial charge in [-0.3, -0.25) is 0 Å². The van der Waals surface area contributed by atoms with Crippen molar-refractivity contribution in [1.82, 2.24) is 10.2 Å². The van der Waals surface area contributed by atoms with Crippen LogP contribution in [0.25, 0.3) is 0 Å². The molecule has 0 aliphatic heterocycles. The molecule has 21 heavy (non-hydrogen) atoms. The summed E-state index contributed by atoms with van der Waals surface area (Å²) in [4.78, 5) is 13.6. The van der Waals surface area contributed by atoms with Gasteiger partial charge in [-0.1, -0.05) is 23.1 Å². The number of aromatic nitrogens is 2. The monoisotopic (exact) mass is 328 g/mol. The summed E-state index contributed by atoms with van der Waals surface area (Å²) in [5.41, 5.74) is 5.78. The van der Waals surface area contributed by atoms with Crippen LogP contribution in [0.1, 0.15) is 10.4 Å². The van der Waals surface area contributed by atoms with Crippen LogP contribution >= 0.6 is 23.1 Å². The molecule has 2 rings (SSSR count). The first kappa shape index (κ1) is 15.5. The highest BCUT2D eigenvalue weighted by Gasteiger charge is 2.17. The molecule has 2 aromatic rings. The van der Waals surface area contributed by atoms with Crippen LogP contribution in [-0.4, -0.2) is 37.4 Å². The van der Waals surface area contributed by atoms with Crippen molar-refractivity contribution in [3.63, 3.8) is 0 Å². The molecule has 0 saturated carbocycles. The van der Waals surface area contributed by atoms with Gasteiger partial charge in [0.2, 0.25) is 5.13 Å². The minimum atomic E-state index is -0.611. The molecule has 0 aliphatic carbocycles. The fraction of sp³-hybridized carbons (Fsp3) is 0.250. The van der Waals surface area contributed by atoms with Gasteiger partial charge in [0.15, 0.2) is 4.34 Å². The Morgan fingerprint density at radius 2 is 2.14 bits per heavy atom. The molecule has 1 aromatic heterocycles. The predicted molar refractivity (Wildman–Crippen MR) is 80.5 cm³/mol. The molecular weight excluding hydrogens is 315 g/mol. The molecule has 6 nitrogen and oxygen atoms in total. The largest absolute Gasteiger partial charge is 0.465 e. The average Bonchev–Trinajstić information content (AvgIpc) is 2.89. The summed E-state index contributed by atoms with van der Waals surface area (Å²) in [5.74, 6) is -1.13. The van der Waals surface area contributed by atoms with Gasteiger partial charge in [0.25, 0.3) is 0 Å². The third kappa shape index (κ3) is 3.42. The first-order valence-electron chi connectivity index (χ1n) is 5.78. The second-order valence-electron chi connectivity index (χ2n) is 4.21. The molecule has 0 atom stereocenters. The van der Waals surface area contributed by atoms with E-state index in [2.05, 4.69) is 14.9 Å². The van der Waals surface area contributed by atoms with E-state index in [1.54, 1.807) is 4.90 Å². The van der Waals surface area contributed by atoms with Gasteiger partial charge < -0.3 is 15.4 Å². The molecule has 0 fully saturated rings. The summed E-state index contributed by atoms with van der Waals surface area (Å²) < 4.78 is 19.1. The Kier molecular flexibility index (Phi) is 4.63. The number of nitrogen functional groups attached to an aromatic ring is 1. The van der Waals surface area contributed by atoms with Gasteiger partial charge in [0, 0.05) is 19.8 Å². The van der Waals surface area contributed by atoms with Crippen molar-refractivity contribution in [1.29, 1.82) is 0 Å². The zero-order valence-electron chi connectivity index (χ0n) is 11.6. The SMILES string of the molecule is COC(=O)c1cc(Sc2nnc(N(C)C)s2)c(F)cc1N. The van der Waals surface area contributed by atoms with Gasteiger partial charge >= 0.3 is 5.97 Å². The number of carbonyl (C=O) groups excluding carboxylic acids is 1. The lowest BCUT2D eigenvalue weighted by atomic mass is 10.2. The van der Waals surface area contributed by atoms with Gasteiger partial charge in [-0.2, -0.15) is 0 Å². The van der Waals surface area contributed by atoms with Crippen molar-refractivity contribution in [2.24, 2.45) is 0 Å². The Bertz CT molecular complexity index is 675. The number of methoxy groups -OCH3 is 1. The van der Waals surface area contributed by atoms with Crippen molar-refractivity contribution in [2.75, 3.05) is 31.8 Å². The molecule has 1 heterocycles. The fourth-order valence-corrected chi connectivity index (χ4v) is 3.22. The summed E-state index contributed by atoms with van der Waals surface area (Å²) in [6, 6.07) is 2.46. The zero-order chi connectivity index (χ0) is 15.6. The highest BCUT2D eigenvalue weighted by Crippen LogP contribution is 2.35. The molecule has 1 aromatic carbocycles. The van der Waals surface area contributed by atoms with E-state index in [-0.39, 0.29) is 16.1 Å². The van der Waals surface area contributed by atoms with E-state index in [1.807, 2.05) is 14.1 Å². The van der Waals surface area contributed by atoms with Crippen LogP contribution in [0.5, 0.6) is 0 Å². The Balaban J connectivity index is 2.32. The van der Waals surface area contributed by atoms with Crippen LogP contribution in [0.4, 0.5) is 15.2 Å². The van der Waals surface area contributed by atoms with Gasteiger partial charge in [-0.05, 0) is 12.1 Å². The molecule has 9 heteroatoms. The lowest BCUT2D eigenvalue weighted by molar-refractivity contribution is 0.0601. The molecule has 0 amide bonds. The van der Waals surface area contributed by atoms with E-state index in [1.165, 1.54) is 24.5 Å². The number of halogens is 1. The topological polar surface area (TPSA) is 81.3 Å².